The predicted octanol–water partition coefficient (Wildman–Crippen LogP) is 0.855. The summed E-state index contributed by atoms with van der Waals surface area (Å²) in [5.41, 5.74) is 1.13. The van der Waals surface area contributed by atoms with Gasteiger partial charge >= 0.3 is 0 Å². The molecule has 0 amide bonds. The molecule has 0 aliphatic rings. The van der Waals surface area contributed by atoms with Crippen LogP contribution in [0.2, 0.25) is 0 Å². The Balaban J connectivity index is 2.11. The molecule has 0 aliphatic carbocycles. The normalized spacial score (nSPS) is 10.3. The Morgan fingerprint density at radius 2 is 2.24 bits per heavy atom. The fourth-order valence-electron chi connectivity index (χ4n) is 1.56. The van der Waals surface area contributed by atoms with E-state index in [0.717, 1.165) is 17.9 Å². The summed E-state index contributed by atoms with van der Waals surface area (Å²) < 4.78 is 6.85. The number of anilines is 1. The van der Waals surface area contributed by atoms with E-state index in [1.807, 2.05) is 31.4 Å². The minimum atomic E-state index is 0.563. The van der Waals surface area contributed by atoms with Gasteiger partial charge in [-0.1, -0.05) is 0 Å². The van der Waals surface area contributed by atoms with Gasteiger partial charge in [-0.2, -0.15) is 5.10 Å². The van der Waals surface area contributed by atoms with Gasteiger partial charge in [0.05, 0.1) is 13.3 Å². The van der Waals surface area contributed by atoms with Gasteiger partial charge < -0.3 is 9.64 Å². The Bertz CT molecular complexity index is 496. The number of ether oxygens (including phenoxy) is 1. The molecule has 0 saturated heterocycles. The van der Waals surface area contributed by atoms with Crippen molar-refractivity contribution >= 4 is 5.82 Å². The molecule has 6 heteroatoms. The zero-order valence-electron chi connectivity index (χ0n) is 10.2. The molecular formula is C11H15N5O. The van der Waals surface area contributed by atoms with Crippen LogP contribution in [-0.4, -0.2) is 33.9 Å². The van der Waals surface area contributed by atoms with Crippen LogP contribution in [0.4, 0.5) is 5.82 Å². The van der Waals surface area contributed by atoms with Crippen molar-refractivity contribution < 1.29 is 4.74 Å². The van der Waals surface area contributed by atoms with Crippen molar-refractivity contribution in [3.05, 3.63) is 30.4 Å². The molecule has 0 radical (unpaired) electrons. The minimum absolute atomic E-state index is 0.563. The van der Waals surface area contributed by atoms with Crippen molar-refractivity contribution in [2.75, 3.05) is 19.1 Å². The van der Waals surface area contributed by atoms with Gasteiger partial charge in [0, 0.05) is 38.5 Å². The van der Waals surface area contributed by atoms with Crippen LogP contribution >= 0.6 is 0 Å². The van der Waals surface area contributed by atoms with Gasteiger partial charge in [0.25, 0.3) is 0 Å². The van der Waals surface area contributed by atoms with Crippen LogP contribution < -0.4 is 9.64 Å². The van der Waals surface area contributed by atoms with Crippen molar-refractivity contribution in [3.63, 3.8) is 0 Å². The first kappa shape index (κ1) is 11.4. The first-order chi connectivity index (χ1) is 8.19. The lowest BCUT2D eigenvalue weighted by atomic mass is 10.3. The summed E-state index contributed by atoms with van der Waals surface area (Å²) in [5, 5.41) is 4.13. The molecule has 2 aromatic heterocycles. The first-order valence-electron chi connectivity index (χ1n) is 5.23. The topological polar surface area (TPSA) is 56.1 Å². The molecule has 0 N–H and O–H groups in total. The van der Waals surface area contributed by atoms with Crippen molar-refractivity contribution in [1.82, 2.24) is 19.7 Å². The molecule has 2 heterocycles. The van der Waals surface area contributed by atoms with Crippen LogP contribution in [0.25, 0.3) is 0 Å². The average Bonchev–Trinajstić information content (AvgIpc) is 2.75. The van der Waals surface area contributed by atoms with Gasteiger partial charge in [-0.15, -0.1) is 0 Å². The standard InChI is InChI=1S/C11H15N5O/c1-15(6-9-5-14-16(2)7-9)10-4-11(17-3)13-8-12-10/h4-5,7-8H,6H2,1-3H3. The van der Waals surface area contributed by atoms with Crippen LogP contribution in [-0.2, 0) is 13.6 Å². The lowest BCUT2D eigenvalue weighted by Crippen LogP contribution is -2.17. The Labute approximate surface area is 99.9 Å². The summed E-state index contributed by atoms with van der Waals surface area (Å²) in [7, 11) is 5.46. The largest absolute Gasteiger partial charge is 0.481 e. The second kappa shape index (κ2) is 4.82. The third-order valence-corrected chi connectivity index (χ3v) is 2.41. The predicted molar refractivity (Wildman–Crippen MR) is 63.9 cm³/mol. The third kappa shape index (κ3) is 2.72. The lowest BCUT2D eigenvalue weighted by Gasteiger charge is -2.17. The monoisotopic (exact) mass is 233 g/mol. The van der Waals surface area contributed by atoms with E-state index in [0.29, 0.717) is 5.88 Å². The quantitative estimate of drug-likeness (QED) is 0.783. The van der Waals surface area contributed by atoms with Gasteiger partial charge in [0.15, 0.2) is 0 Å². The SMILES string of the molecule is COc1cc(N(C)Cc2cnn(C)c2)ncn1. The van der Waals surface area contributed by atoms with Crippen molar-refractivity contribution in [2.24, 2.45) is 7.05 Å². The molecule has 2 rings (SSSR count). The molecule has 90 valence electrons. The lowest BCUT2D eigenvalue weighted by molar-refractivity contribution is 0.397. The zero-order valence-corrected chi connectivity index (χ0v) is 10.2. The number of rotatable bonds is 4. The Hall–Kier alpha value is -2.11. The van der Waals surface area contributed by atoms with Crippen LogP contribution in [0.5, 0.6) is 5.88 Å². The molecule has 0 atom stereocenters. The van der Waals surface area contributed by atoms with Gasteiger partial charge in [0.2, 0.25) is 5.88 Å². The average molecular weight is 233 g/mol. The van der Waals surface area contributed by atoms with E-state index in [2.05, 4.69) is 15.1 Å². The van der Waals surface area contributed by atoms with Crippen molar-refractivity contribution in [3.8, 4) is 5.88 Å². The molecule has 6 nitrogen and oxygen atoms in total. The van der Waals surface area contributed by atoms with E-state index in [-0.39, 0.29) is 0 Å². The third-order valence-electron chi connectivity index (χ3n) is 2.41. The van der Waals surface area contributed by atoms with Gasteiger partial charge in [0.1, 0.15) is 12.1 Å². The molecule has 0 aliphatic heterocycles. The highest BCUT2D eigenvalue weighted by Crippen LogP contribution is 2.15. The molecule has 17 heavy (non-hydrogen) atoms. The van der Waals surface area contributed by atoms with E-state index in [1.54, 1.807) is 17.9 Å². The van der Waals surface area contributed by atoms with Crippen molar-refractivity contribution in [2.45, 2.75) is 6.54 Å². The highest BCUT2D eigenvalue weighted by Gasteiger charge is 2.06. The zero-order chi connectivity index (χ0) is 12.3. The number of aryl methyl sites for hydroxylation is 1. The maximum absolute atomic E-state index is 5.07. The van der Waals surface area contributed by atoms with Crippen LogP contribution in [0.3, 0.4) is 0 Å². The van der Waals surface area contributed by atoms with Gasteiger partial charge in [-0.3, -0.25) is 4.68 Å². The highest BCUT2D eigenvalue weighted by atomic mass is 16.5. The van der Waals surface area contributed by atoms with Crippen LogP contribution in [0.1, 0.15) is 5.56 Å². The molecule has 0 unspecified atom stereocenters. The smallest absolute Gasteiger partial charge is 0.218 e. The molecule has 0 bridgehead atoms. The summed E-state index contributed by atoms with van der Waals surface area (Å²) in [6.07, 6.45) is 5.32. The summed E-state index contributed by atoms with van der Waals surface area (Å²) >= 11 is 0. The summed E-state index contributed by atoms with van der Waals surface area (Å²) in [6, 6.07) is 1.80. The molecule has 0 fully saturated rings. The van der Waals surface area contributed by atoms with E-state index >= 15 is 0 Å². The van der Waals surface area contributed by atoms with E-state index in [1.165, 1.54) is 6.33 Å². The van der Waals surface area contributed by atoms with E-state index in [9.17, 15) is 0 Å². The number of methoxy groups -OCH3 is 1. The maximum Gasteiger partial charge on any atom is 0.218 e. The Morgan fingerprint density at radius 3 is 2.88 bits per heavy atom. The molecule has 0 saturated carbocycles. The summed E-state index contributed by atoms with van der Waals surface area (Å²) in [5.74, 6) is 1.38. The fourth-order valence-corrected chi connectivity index (χ4v) is 1.56. The van der Waals surface area contributed by atoms with Gasteiger partial charge in [-0.05, 0) is 0 Å². The first-order valence-corrected chi connectivity index (χ1v) is 5.23. The van der Waals surface area contributed by atoms with E-state index in [4.69, 9.17) is 4.74 Å². The van der Waals surface area contributed by atoms with Gasteiger partial charge in [-0.25, -0.2) is 9.97 Å². The molecule has 0 spiro atoms. The molecule has 2 aromatic rings. The number of hydrogen-bond donors (Lipinski definition) is 0. The number of hydrogen-bond acceptors (Lipinski definition) is 5. The maximum atomic E-state index is 5.07. The van der Waals surface area contributed by atoms with Crippen molar-refractivity contribution in [1.29, 1.82) is 0 Å². The van der Waals surface area contributed by atoms with Crippen LogP contribution in [0, 0.1) is 0 Å². The molecule has 0 aromatic carbocycles. The van der Waals surface area contributed by atoms with E-state index < -0.39 is 0 Å². The number of aromatic nitrogens is 4. The highest BCUT2D eigenvalue weighted by molar-refractivity contribution is 5.40. The summed E-state index contributed by atoms with van der Waals surface area (Å²) in [6.45, 7) is 0.744. The Morgan fingerprint density at radius 1 is 1.41 bits per heavy atom. The Kier molecular flexibility index (Phi) is 3.22. The van der Waals surface area contributed by atoms with Crippen LogP contribution in [0.15, 0.2) is 24.8 Å². The fraction of sp³-hybridized carbons (Fsp3) is 0.364. The minimum Gasteiger partial charge on any atom is -0.481 e. The second-order valence-corrected chi connectivity index (χ2v) is 3.80. The summed E-state index contributed by atoms with van der Waals surface area (Å²) in [4.78, 5) is 10.2. The number of nitrogens with zero attached hydrogens (tertiary/aromatic N) is 5. The second-order valence-electron chi connectivity index (χ2n) is 3.80. The molecular weight excluding hydrogens is 218 g/mol.